The smallest absolute Gasteiger partial charge is 0.243 e. The molecule has 2 fully saturated rings. The van der Waals surface area contributed by atoms with Crippen molar-refractivity contribution < 1.29 is 8.42 Å². The molecule has 2 aliphatic heterocycles. The summed E-state index contributed by atoms with van der Waals surface area (Å²) in [5.74, 6) is 1.09. The second-order valence-corrected chi connectivity index (χ2v) is 7.66. The molecule has 0 aliphatic carbocycles. The molecule has 2 saturated heterocycles. The van der Waals surface area contributed by atoms with Crippen molar-refractivity contribution in [2.24, 2.45) is 11.8 Å². The minimum atomic E-state index is -3.37. The topological polar surface area (TPSA) is 49.4 Å². The van der Waals surface area contributed by atoms with E-state index in [1.807, 2.05) is 0 Å². The van der Waals surface area contributed by atoms with E-state index in [1.54, 1.807) is 28.6 Å². The highest BCUT2D eigenvalue weighted by Crippen LogP contribution is 2.30. The van der Waals surface area contributed by atoms with E-state index < -0.39 is 10.0 Å². The summed E-state index contributed by atoms with van der Waals surface area (Å²) < 4.78 is 26.7. The Hall–Kier alpha value is -0.620. The van der Waals surface area contributed by atoms with Crippen molar-refractivity contribution >= 4 is 21.6 Å². The molecular formula is C13H17ClN2O2S. The molecule has 4 nitrogen and oxygen atoms in total. The number of fused-ring (bicyclic) bond motifs is 1. The average molecular weight is 301 g/mol. The maximum Gasteiger partial charge on any atom is 0.243 e. The fraction of sp³-hybridized carbons (Fsp3) is 0.538. The molecule has 2 heterocycles. The van der Waals surface area contributed by atoms with Crippen molar-refractivity contribution in [3.63, 3.8) is 0 Å². The van der Waals surface area contributed by atoms with Gasteiger partial charge in [-0.25, -0.2) is 8.42 Å². The number of rotatable bonds is 2. The number of hydrogen-bond donors (Lipinski definition) is 1. The Morgan fingerprint density at radius 1 is 1.16 bits per heavy atom. The first-order valence-electron chi connectivity index (χ1n) is 6.54. The number of piperidine rings is 1. The van der Waals surface area contributed by atoms with Gasteiger partial charge in [-0.1, -0.05) is 11.6 Å². The Labute approximate surface area is 118 Å². The van der Waals surface area contributed by atoms with Crippen LogP contribution in [0.1, 0.15) is 6.42 Å². The van der Waals surface area contributed by atoms with Gasteiger partial charge in [0.2, 0.25) is 10.0 Å². The van der Waals surface area contributed by atoms with Crippen LogP contribution >= 0.6 is 11.6 Å². The normalized spacial score (nSPS) is 28.3. The molecule has 0 saturated carbocycles. The zero-order valence-electron chi connectivity index (χ0n) is 10.5. The van der Waals surface area contributed by atoms with Gasteiger partial charge >= 0.3 is 0 Å². The van der Waals surface area contributed by atoms with Crippen molar-refractivity contribution in [3.05, 3.63) is 29.3 Å². The molecule has 2 aliphatic rings. The van der Waals surface area contributed by atoms with E-state index in [4.69, 9.17) is 11.6 Å². The summed E-state index contributed by atoms with van der Waals surface area (Å²) in [5, 5.41) is 3.90. The van der Waals surface area contributed by atoms with Crippen LogP contribution in [0.2, 0.25) is 5.02 Å². The van der Waals surface area contributed by atoms with Gasteiger partial charge in [-0.3, -0.25) is 0 Å². The summed E-state index contributed by atoms with van der Waals surface area (Å²) in [5.41, 5.74) is 0. The lowest BCUT2D eigenvalue weighted by atomic mass is 9.90. The van der Waals surface area contributed by atoms with Gasteiger partial charge in [-0.2, -0.15) is 4.31 Å². The van der Waals surface area contributed by atoms with E-state index in [0.717, 1.165) is 19.5 Å². The lowest BCUT2D eigenvalue weighted by Crippen LogP contribution is -2.43. The van der Waals surface area contributed by atoms with Gasteiger partial charge in [0.05, 0.1) is 4.90 Å². The standard InChI is InChI=1S/C13H17ClN2O2S/c14-12-1-3-13(4-2-12)19(17,18)16-6-5-10-7-15-8-11(10)9-16/h1-4,10-11,15H,5-9H2. The quantitative estimate of drug-likeness (QED) is 0.902. The summed E-state index contributed by atoms with van der Waals surface area (Å²) in [6.07, 6.45) is 0.949. The Kier molecular flexibility index (Phi) is 3.55. The molecule has 104 valence electrons. The third-order valence-corrected chi connectivity index (χ3v) is 6.25. The fourth-order valence-electron chi connectivity index (χ4n) is 2.98. The third-order valence-electron chi connectivity index (χ3n) is 4.12. The van der Waals surface area contributed by atoms with Gasteiger partial charge in [0.25, 0.3) is 0 Å². The molecule has 2 atom stereocenters. The van der Waals surface area contributed by atoms with Crippen molar-refractivity contribution in [1.29, 1.82) is 0 Å². The highest BCUT2D eigenvalue weighted by atomic mass is 35.5. The van der Waals surface area contributed by atoms with Crippen LogP contribution in [-0.2, 0) is 10.0 Å². The van der Waals surface area contributed by atoms with Crippen LogP contribution in [0.25, 0.3) is 0 Å². The number of hydrogen-bond acceptors (Lipinski definition) is 3. The molecule has 0 spiro atoms. The van der Waals surface area contributed by atoms with E-state index in [-0.39, 0.29) is 0 Å². The molecule has 2 unspecified atom stereocenters. The van der Waals surface area contributed by atoms with E-state index in [0.29, 0.717) is 34.8 Å². The molecular weight excluding hydrogens is 284 g/mol. The maximum absolute atomic E-state index is 12.5. The molecule has 3 rings (SSSR count). The van der Waals surface area contributed by atoms with Crippen molar-refractivity contribution in [3.8, 4) is 0 Å². The third kappa shape index (κ3) is 2.52. The zero-order chi connectivity index (χ0) is 13.5. The maximum atomic E-state index is 12.5. The average Bonchev–Trinajstić information content (AvgIpc) is 2.86. The lowest BCUT2D eigenvalue weighted by molar-refractivity contribution is 0.228. The van der Waals surface area contributed by atoms with Crippen LogP contribution in [0.5, 0.6) is 0 Å². The van der Waals surface area contributed by atoms with Gasteiger partial charge in [-0.05, 0) is 55.6 Å². The predicted octanol–water partition coefficient (Wildman–Crippen LogP) is 1.57. The molecule has 0 radical (unpaired) electrons. The number of sulfonamides is 1. The van der Waals surface area contributed by atoms with E-state index in [9.17, 15) is 8.42 Å². The first-order chi connectivity index (χ1) is 9.07. The van der Waals surface area contributed by atoms with E-state index in [2.05, 4.69) is 5.32 Å². The lowest BCUT2D eigenvalue weighted by Gasteiger charge is -2.33. The first-order valence-corrected chi connectivity index (χ1v) is 8.35. The molecule has 1 aromatic carbocycles. The number of halogens is 1. The van der Waals surface area contributed by atoms with Crippen LogP contribution in [-0.4, -0.2) is 38.9 Å². The summed E-state index contributed by atoms with van der Waals surface area (Å²) in [7, 11) is -3.37. The highest BCUT2D eigenvalue weighted by Gasteiger charge is 2.37. The van der Waals surface area contributed by atoms with Crippen LogP contribution in [0.3, 0.4) is 0 Å². The van der Waals surface area contributed by atoms with Gasteiger partial charge in [0.1, 0.15) is 0 Å². The van der Waals surface area contributed by atoms with Crippen molar-refractivity contribution in [1.82, 2.24) is 9.62 Å². The van der Waals surface area contributed by atoms with Gasteiger partial charge < -0.3 is 5.32 Å². The monoisotopic (exact) mass is 300 g/mol. The van der Waals surface area contributed by atoms with E-state index >= 15 is 0 Å². The molecule has 19 heavy (non-hydrogen) atoms. The van der Waals surface area contributed by atoms with E-state index in [1.165, 1.54) is 0 Å². The van der Waals surface area contributed by atoms with Gasteiger partial charge in [-0.15, -0.1) is 0 Å². The fourth-order valence-corrected chi connectivity index (χ4v) is 4.61. The van der Waals surface area contributed by atoms with Crippen LogP contribution in [0, 0.1) is 11.8 Å². The van der Waals surface area contributed by atoms with Crippen molar-refractivity contribution in [2.45, 2.75) is 11.3 Å². The van der Waals surface area contributed by atoms with Crippen LogP contribution in [0.4, 0.5) is 0 Å². The van der Waals surface area contributed by atoms with Gasteiger partial charge in [0.15, 0.2) is 0 Å². The van der Waals surface area contributed by atoms with Crippen LogP contribution in [0.15, 0.2) is 29.2 Å². The highest BCUT2D eigenvalue weighted by molar-refractivity contribution is 7.89. The Bertz CT molecular complexity index is 559. The Morgan fingerprint density at radius 3 is 2.58 bits per heavy atom. The Morgan fingerprint density at radius 2 is 1.84 bits per heavy atom. The van der Waals surface area contributed by atoms with Crippen LogP contribution < -0.4 is 5.32 Å². The second kappa shape index (κ2) is 5.05. The number of nitrogens with one attached hydrogen (secondary N) is 1. The first kappa shape index (κ1) is 13.4. The second-order valence-electron chi connectivity index (χ2n) is 5.28. The van der Waals surface area contributed by atoms with Crippen molar-refractivity contribution in [2.75, 3.05) is 26.2 Å². The Balaban J connectivity index is 1.82. The zero-order valence-corrected chi connectivity index (χ0v) is 12.1. The molecule has 1 aromatic rings. The summed E-state index contributed by atoms with van der Waals surface area (Å²) in [6, 6.07) is 6.41. The largest absolute Gasteiger partial charge is 0.316 e. The molecule has 1 N–H and O–H groups in total. The molecule has 0 amide bonds. The van der Waals surface area contributed by atoms with Gasteiger partial charge in [0, 0.05) is 18.1 Å². The molecule has 0 bridgehead atoms. The number of nitrogens with zero attached hydrogens (tertiary/aromatic N) is 1. The summed E-state index contributed by atoms with van der Waals surface area (Å²) >= 11 is 5.80. The minimum Gasteiger partial charge on any atom is -0.316 e. The SMILES string of the molecule is O=S(=O)(c1ccc(Cl)cc1)N1CCC2CNCC2C1. The predicted molar refractivity (Wildman–Crippen MR) is 74.7 cm³/mol. The molecule has 0 aromatic heterocycles. The summed E-state index contributed by atoms with van der Waals surface area (Å²) in [6.45, 7) is 3.20. The molecule has 6 heteroatoms. The summed E-state index contributed by atoms with van der Waals surface area (Å²) in [4.78, 5) is 0.335. The number of benzene rings is 1. The minimum absolute atomic E-state index is 0.335.